The molecule has 1 amide bonds. The van der Waals surface area contributed by atoms with Crippen molar-refractivity contribution in [3.8, 4) is 17.2 Å². The largest absolute Gasteiger partial charge is 0.497 e. The molecule has 0 aliphatic heterocycles. The number of hydrogen-bond donors (Lipinski definition) is 1. The highest BCUT2D eigenvalue weighted by Gasteiger charge is 2.15. The molecule has 0 atom stereocenters. The molecule has 10 heteroatoms. The van der Waals surface area contributed by atoms with Gasteiger partial charge in [-0.15, -0.1) is 10.2 Å². The minimum atomic E-state index is -0.202. The number of amides is 1. The van der Waals surface area contributed by atoms with Gasteiger partial charge in [0.05, 0.1) is 25.7 Å². The van der Waals surface area contributed by atoms with Crippen molar-refractivity contribution in [2.75, 3.05) is 25.3 Å². The summed E-state index contributed by atoms with van der Waals surface area (Å²) in [6, 6.07) is 12.4. The second kappa shape index (κ2) is 10.9. The smallest absolute Gasteiger partial charge is 0.234 e. The van der Waals surface area contributed by atoms with Gasteiger partial charge in [-0.2, -0.15) is 0 Å². The van der Waals surface area contributed by atoms with E-state index in [1.165, 1.54) is 18.9 Å². The highest BCUT2D eigenvalue weighted by molar-refractivity contribution is 7.99. The van der Waals surface area contributed by atoms with Crippen LogP contribution in [0.4, 0.5) is 5.69 Å². The Labute approximate surface area is 189 Å². The van der Waals surface area contributed by atoms with Gasteiger partial charge >= 0.3 is 0 Å². The summed E-state index contributed by atoms with van der Waals surface area (Å²) < 4.78 is 18.1. The van der Waals surface area contributed by atoms with Crippen LogP contribution in [0.3, 0.4) is 0 Å². The molecule has 0 radical (unpaired) electrons. The molecule has 164 valence electrons. The fourth-order valence-electron chi connectivity index (χ4n) is 2.76. The van der Waals surface area contributed by atoms with Crippen LogP contribution in [-0.2, 0) is 17.9 Å². The molecule has 0 aliphatic carbocycles. The number of aromatic nitrogens is 3. The molecule has 0 saturated heterocycles. The number of carbonyl (C=O) groups excluding carboxylic acids is 1. The Hall–Kier alpha value is -2.91. The lowest BCUT2D eigenvalue weighted by molar-refractivity contribution is -0.113. The van der Waals surface area contributed by atoms with Gasteiger partial charge in [0, 0.05) is 11.6 Å². The van der Waals surface area contributed by atoms with E-state index < -0.39 is 0 Å². The Morgan fingerprint density at radius 2 is 1.84 bits per heavy atom. The summed E-state index contributed by atoms with van der Waals surface area (Å²) in [4.78, 5) is 12.4. The lowest BCUT2D eigenvalue weighted by Gasteiger charge is -2.11. The summed E-state index contributed by atoms with van der Waals surface area (Å²) in [5, 5.41) is 12.4. The van der Waals surface area contributed by atoms with Crippen molar-refractivity contribution in [3.05, 3.63) is 53.3 Å². The standard InChI is InChI=1S/C21H23ClN4O4S/c1-4-26-19(12-30-16-8-6-15(28-2)7-9-16)24-25-21(26)31-13-20(27)23-17-11-14(22)5-10-18(17)29-3/h5-11H,4,12-13H2,1-3H3,(H,23,27). The Kier molecular flexibility index (Phi) is 8.02. The molecule has 0 spiro atoms. The first-order valence-corrected chi connectivity index (χ1v) is 10.9. The number of ether oxygens (including phenoxy) is 3. The maximum atomic E-state index is 12.4. The van der Waals surface area contributed by atoms with Gasteiger partial charge in [-0.25, -0.2) is 0 Å². The number of thioether (sulfide) groups is 1. The topological polar surface area (TPSA) is 87.5 Å². The number of nitrogens with zero attached hydrogens (tertiary/aromatic N) is 3. The van der Waals surface area contributed by atoms with Crippen LogP contribution in [0.1, 0.15) is 12.7 Å². The van der Waals surface area contributed by atoms with Crippen LogP contribution in [0.5, 0.6) is 17.2 Å². The maximum absolute atomic E-state index is 12.4. The molecule has 0 aliphatic rings. The average molecular weight is 463 g/mol. The normalized spacial score (nSPS) is 10.6. The van der Waals surface area contributed by atoms with Gasteiger partial charge in [-0.3, -0.25) is 4.79 Å². The van der Waals surface area contributed by atoms with Crippen molar-refractivity contribution in [2.45, 2.75) is 25.2 Å². The number of rotatable bonds is 10. The van der Waals surface area contributed by atoms with Gasteiger partial charge in [-0.1, -0.05) is 23.4 Å². The summed E-state index contributed by atoms with van der Waals surface area (Å²) in [5.74, 6) is 2.64. The number of nitrogens with one attached hydrogen (secondary N) is 1. The molecule has 2 aromatic carbocycles. The van der Waals surface area contributed by atoms with Crippen molar-refractivity contribution >= 4 is 35.0 Å². The lowest BCUT2D eigenvalue weighted by atomic mass is 10.3. The third-order valence-corrected chi connectivity index (χ3v) is 5.51. The van der Waals surface area contributed by atoms with Crippen LogP contribution < -0.4 is 19.5 Å². The summed E-state index contributed by atoms with van der Waals surface area (Å²) in [5.41, 5.74) is 0.520. The zero-order valence-corrected chi connectivity index (χ0v) is 19.0. The van der Waals surface area contributed by atoms with E-state index in [2.05, 4.69) is 15.5 Å². The van der Waals surface area contributed by atoms with Crippen LogP contribution in [0.2, 0.25) is 5.02 Å². The minimum absolute atomic E-state index is 0.160. The SMILES string of the molecule is CCn1c(COc2ccc(OC)cc2)nnc1SCC(=O)Nc1cc(Cl)ccc1OC. The first-order chi connectivity index (χ1) is 15.0. The predicted molar refractivity (Wildman–Crippen MR) is 120 cm³/mol. The monoisotopic (exact) mass is 462 g/mol. The molecule has 1 aromatic heterocycles. The van der Waals surface area contributed by atoms with Gasteiger partial charge in [0.1, 0.15) is 23.9 Å². The second-order valence-corrected chi connectivity index (χ2v) is 7.67. The summed E-state index contributed by atoms with van der Waals surface area (Å²) in [6.07, 6.45) is 0. The van der Waals surface area contributed by atoms with E-state index in [9.17, 15) is 4.79 Å². The highest BCUT2D eigenvalue weighted by Crippen LogP contribution is 2.28. The zero-order chi connectivity index (χ0) is 22.2. The molecule has 3 rings (SSSR count). The second-order valence-electron chi connectivity index (χ2n) is 6.29. The molecule has 8 nitrogen and oxygen atoms in total. The number of benzene rings is 2. The van der Waals surface area contributed by atoms with Gasteiger partial charge in [0.25, 0.3) is 0 Å². The molecule has 31 heavy (non-hydrogen) atoms. The molecule has 0 saturated carbocycles. The van der Waals surface area contributed by atoms with Crippen LogP contribution in [0.15, 0.2) is 47.6 Å². The first kappa shape index (κ1) is 22.8. The van der Waals surface area contributed by atoms with Gasteiger partial charge in [-0.05, 0) is 49.4 Å². The predicted octanol–water partition coefficient (Wildman–Crippen LogP) is 4.28. The molecular formula is C21H23ClN4O4S. The third-order valence-electron chi connectivity index (χ3n) is 4.31. The Balaban J connectivity index is 1.58. The Morgan fingerprint density at radius 1 is 1.10 bits per heavy atom. The number of hydrogen-bond acceptors (Lipinski definition) is 7. The van der Waals surface area contributed by atoms with Crippen LogP contribution in [-0.4, -0.2) is 40.6 Å². The fourth-order valence-corrected chi connectivity index (χ4v) is 3.76. The molecule has 1 heterocycles. The Morgan fingerprint density at radius 3 is 2.52 bits per heavy atom. The van der Waals surface area contributed by atoms with Crippen molar-refractivity contribution < 1.29 is 19.0 Å². The summed E-state index contributed by atoms with van der Waals surface area (Å²) >= 11 is 7.31. The first-order valence-electron chi connectivity index (χ1n) is 9.49. The molecule has 0 bridgehead atoms. The minimum Gasteiger partial charge on any atom is -0.497 e. The van der Waals surface area contributed by atoms with E-state index in [0.29, 0.717) is 39.7 Å². The van der Waals surface area contributed by atoms with E-state index in [1.54, 1.807) is 25.3 Å². The van der Waals surface area contributed by atoms with Crippen LogP contribution >= 0.6 is 23.4 Å². The van der Waals surface area contributed by atoms with Crippen molar-refractivity contribution in [1.29, 1.82) is 0 Å². The number of anilines is 1. The van der Waals surface area contributed by atoms with Crippen LogP contribution in [0.25, 0.3) is 0 Å². The van der Waals surface area contributed by atoms with Gasteiger partial charge < -0.3 is 24.1 Å². The highest BCUT2D eigenvalue weighted by atomic mass is 35.5. The lowest BCUT2D eigenvalue weighted by Crippen LogP contribution is -2.15. The van der Waals surface area contributed by atoms with Gasteiger partial charge in [0.15, 0.2) is 11.0 Å². The molecular weight excluding hydrogens is 440 g/mol. The van der Waals surface area contributed by atoms with Crippen molar-refractivity contribution in [2.24, 2.45) is 0 Å². The van der Waals surface area contributed by atoms with E-state index in [4.69, 9.17) is 25.8 Å². The van der Waals surface area contributed by atoms with Gasteiger partial charge in [0.2, 0.25) is 5.91 Å². The summed E-state index contributed by atoms with van der Waals surface area (Å²) in [7, 11) is 3.15. The average Bonchev–Trinajstić information content (AvgIpc) is 3.18. The molecule has 0 unspecified atom stereocenters. The van der Waals surface area contributed by atoms with E-state index >= 15 is 0 Å². The molecule has 3 aromatic rings. The van der Waals surface area contributed by atoms with E-state index in [-0.39, 0.29) is 18.3 Å². The zero-order valence-electron chi connectivity index (χ0n) is 17.4. The number of methoxy groups -OCH3 is 2. The summed E-state index contributed by atoms with van der Waals surface area (Å²) in [6.45, 7) is 2.90. The number of halogens is 1. The van der Waals surface area contributed by atoms with E-state index in [0.717, 1.165) is 5.75 Å². The van der Waals surface area contributed by atoms with E-state index in [1.807, 2.05) is 35.8 Å². The Bertz CT molecular complexity index is 1030. The maximum Gasteiger partial charge on any atom is 0.234 e. The van der Waals surface area contributed by atoms with Crippen LogP contribution in [0, 0.1) is 0 Å². The number of carbonyl (C=O) groups is 1. The van der Waals surface area contributed by atoms with Crippen molar-refractivity contribution in [1.82, 2.24) is 14.8 Å². The molecule has 1 N–H and O–H groups in total. The third kappa shape index (κ3) is 6.05. The fraction of sp³-hybridized carbons (Fsp3) is 0.286. The van der Waals surface area contributed by atoms with Crippen molar-refractivity contribution in [3.63, 3.8) is 0 Å². The quantitative estimate of drug-likeness (QED) is 0.450. The molecule has 0 fully saturated rings.